The molecule has 188 valence electrons. The summed E-state index contributed by atoms with van der Waals surface area (Å²) in [6.07, 6.45) is 0.457. The highest BCUT2D eigenvalue weighted by Gasteiger charge is 2.30. The number of anilines is 1. The van der Waals surface area contributed by atoms with Gasteiger partial charge in [0.25, 0.3) is 5.56 Å². The van der Waals surface area contributed by atoms with Crippen molar-refractivity contribution in [3.63, 3.8) is 0 Å². The Hall–Kier alpha value is -3.42. The van der Waals surface area contributed by atoms with E-state index in [4.69, 9.17) is 23.2 Å². The van der Waals surface area contributed by atoms with Crippen LogP contribution in [0.4, 0.5) is 10.5 Å². The second-order valence-corrected chi connectivity index (χ2v) is 9.93. The van der Waals surface area contributed by atoms with Crippen molar-refractivity contribution in [2.45, 2.75) is 39.5 Å². The first-order valence-electron chi connectivity index (χ1n) is 11.5. The lowest BCUT2D eigenvalue weighted by molar-refractivity contribution is 0.142. The fraction of sp³-hybridized carbons (Fsp3) is 0.417. The van der Waals surface area contributed by atoms with Crippen molar-refractivity contribution in [3.05, 3.63) is 49.9 Å². The molecule has 0 aliphatic carbocycles. The third kappa shape index (κ3) is 4.33. The highest BCUT2D eigenvalue weighted by atomic mass is 35.5. The maximum Gasteiger partial charge on any atom is 0.407 e. The van der Waals surface area contributed by atoms with Gasteiger partial charge in [-0.3, -0.25) is 9.36 Å². The molecule has 0 unspecified atom stereocenters. The molecular weight excluding hydrogens is 505 g/mol. The number of hydrogen-bond acceptors (Lipinski definition) is 7. The number of aromatic nitrogens is 4. The molecule has 4 heterocycles. The van der Waals surface area contributed by atoms with E-state index in [1.54, 1.807) is 6.07 Å². The fourth-order valence-electron chi connectivity index (χ4n) is 4.48. The number of hydrogen-bond donors (Lipinski definition) is 1. The average Bonchev–Trinajstić information content (AvgIpc) is 2.84. The van der Waals surface area contributed by atoms with Crippen molar-refractivity contribution < 1.29 is 9.90 Å². The first-order chi connectivity index (χ1) is 17.1. The number of nitriles is 1. The summed E-state index contributed by atoms with van der Waals surface area (Å²) in [5.74, 6) is -0.112. The van der Waals surface area contributed by atoms with Crippen LogP contribution >= 0.6 is 23.2 Å². The van der Waals surface area contributed by atoms with Crippen LogP contribution < -0.4 is 10.5 Å². The molecule has 0 bridgehead atoms. The molecule has 0 saturated carbocycles. The lowest BCUT2D eigenvalue weighted by Gasteiger charge is -2.35. The van der Waals surface area contributed by atoms with Crippen molar-refractivity contribution >= 4 is 46.0 Å². The molecular formula is C24H25Cl2N7O3. The van der Waals surface area contributed by atoms with Gasteiger partial charge in [0.05, 0.1) is 27.8 Å². The SMILES string of the molecule is CC(C)c1ncnc(C(C)C)c1-n1c(=O)c(C#N)c(N2CCN(C(=O)O)CC2)c2cc(Cl)c(Cl)nc21. The molecule has 10 nitrogen and oxygen atoms in total. The van der Waals surface area contributed by atoms with Crippen LogP contribution in [0.25, 0.3) is 16.7 Å². The lowest BCUT2D eigenvalue weighted by atomic mass is 10.0. The molecule has 0 atom stereocenters. The first kappa shape index (κ1) is 25.7. The quantitative estimate of drug-likeness (QED) is 0.492. The minimum atomic E-state index is -1.02. The van der Waals surface area contributed by atoms with E-state index in [-0.39, 0.29) is 46.3 Å². The second-order valence-electron chi connectivity index (χ2n) is 9.17. The molecule has 3 aromatic rings. The number of carbonyl (C=O) groups is 1. The molecule has 3 aromatic heterocycles. The van der Waals surface area contributed by atoms with Crippen molar-refractivity contribution in [2.75, 3.05) is 31.1 Å². The van der Waals surface area contributed by atoms with E-state index in [0.29, 0.717) is 41.2 Å². The normalized spacial score (nSPS) is 14.1. The van der Waals surface area contributed by atoms with Crippen LogP contribution in [-0.2, 0) is 0 Å². The molecule has 36 heavy (non-hydrogen) atoms. The predicted molar refractivity (Wildman–Crippen MR) is 138 cm³/mol. The average molecular weight is 530 g/mol. The Labute approximate surface area is 217 Å². The zero-order valence-electron chi connectivity index (χ0n) is 20.3. The van der Waals surface area contributed by atoms with E-state index in [1.165, 1.54) is 15.8 Å². The van der Waals surface area contributed by atoms with Crippen LogP contribution in [0.2, 0.25) is 10.2 Å². The van der Waals surface area contributed by atoms with Gasteiger partial charge in [-0.1, -0.05) is 50.9 Å². The summed E-state index contributed by atoms with van der Waals surface area (Å²) in [5.41, 5.74) is 1.65. The Morgan fingerprint density at radius 2 is 1.64 bits per heavy atom. The summed E-state index contributed by atoms with van der Waals surface area (Å²) in [7, 11) is 0. The molecule has 4 rings (SSSR count). The van der Waals surface area contributed by atoms with Gasteiger partial charge >= 0.3 is 6.09 Å². The maximum absolute atomic E-state index is 14.0. The summed E-state index contributed by atoms with van der Waals surface area (Å²) in [4.78, 5) is 42.0. The van der Waals surface area contributed by atoms with Gasteiger partial charge in [-0.25, -0.2) is 19.7 Å². The number of nitrogens with zero attached hydrogens (tertiary/aromatic N) is 7. The summed E-state index contributed by atoms with van der Waals surface area (Å²) in [6, 6.07) is 3.67. The zero-order valence-corrected chi connectivity index (χ0v) is 21.8. The number of pyridine rings is 2. The van der Waals surface area contributed by atoms with Crippen molar-refractivity contribution in [1.29, 1.82) is 5.26 Å². The molecule has 1 amide bonds. The summed E-state index contributed by atoms with van der Waals surface area (Å²) >= 11 is 12.7. The van der Waals surface area contributed by atoms with Crippen LogP contribution in [0.15, 0.2) is 17.2 Å². The van der Waals surface area contributed by atoms with Crippen LogP contribution in [-0.4, -0.2) is 61.8 Å². The van der Waals surface area contributed by atoms with Crippen molar-refractivity contribution in [3.8, 4) is 11.8 Å². The number of carboxylic acid groups (broad SMARTS) is 1. The number of halogens is 2. The standard InChI is InChI=1S/C24H25Cl2N7O3/c1-12(2)17-20(18(13(3)4)29-11-28-17)33-22-14(9-16(25)21(26)30-22)19(15(10-27)23(33)34)31-5-7-32(8-6-31)24(35)36/h9,11-13H,5-8H2,1-4H3,(H,35,36). The highest BCUT2D eigenvalue weighted by Crippen LogP contribution is 2.36. The third-order valence-electron chi connectivity index (χ3n) is 6.21. The molecule has 1 aliphatic rings. The number of fused-ring (bicyclic) bond motifs is 1. The molecule has 0 aromatic carbocycles. The number of piperazine rings is 1. The Morgan fingerprint density at radius 1 is 1.06 bits per heavy atom. The van der Waals surface area contributed by atoms with Crippen LogP contribution in [0.5, 0.6) is 0 Å². The first-order valence-corrected chi connectivity index (χ1v) is 12.2. The topological polar surface area (TPSA) is 128 Å². The van der Waals surface area contributed by atoms with Gasteiger partial charge in [0.1, 0.15) is 23.1 Å². The van der Waals surface area contributed by atoms with Gasteiger partial charge in [0.15, 0.2) is 5.65 Å². The van der Waals surface area contributed by atoms with Gasteiger partial charge in [-0.05, 0) is 17.9 Å². The Bertz CT molecular complexity index is 1430. The van der Waals surface area contributed by atoms with E-state index < -0.39 is 11.7 Å². The fourth-order valence-corrected chi connectivity index (χ4v) is 4.77. The molecule has 1 fully saturated rings. The monoisotopic (exact) mass is 529 g/mol. The minimum Gasteiger partial charge on any atom is -0.465 e. The van der Waals surface area contributed by atoms with Crippen LogP contribution in [0.1, 0.15) is 56.5 Å². The van der Waals surface area contributed by atoms with Gasteiger partial charge in [-0.2, -0.15) is 5.26 Å². The molecule has 1 saturated heterocycles. The predicted octanol–water partition coefficient (Wildman–Crippen LogP) is 4.40. The van der Waals surface area contributed by atoms with E-state index in [0.717, 1.165) is 0 Å². The molecule has 1 N–H and O–H groups in total. The smallest absolute Gasteiger partial charge is 0.407 e. The lowest BCUT2D eigenvalue weighted by Crippen LogP contribution is -2.49. The van der Waals surface area contributed by atoms with Gasteiger partial charge < -0.3 is 14.9 Å². The Morgan fingerprint density at radius 3 is 2.14 bits per heavy atom. The number of rotatable bonds is 4. The second kappa shape index (κ2) is 9.91. The van der Waals surface area contributed by atoms with E-state index in [1.807, 2.05) is 32.6 Å². The minimum absolute atomic E-state index is 0.0118. The van der Waals surface area contributed by atoms with Gasteiger partial charge in [0, 0.05) is 31.6 Å². The Balaban J connectivity index is 2.11. The van der Waals surface area contributed by atoms with Crippen molar-refractivity contribution in [1.82, 2.24) is 24.4 Å². The van der Waals surface area contributed by atoms with E-state index in [9.17, 15) is 20.0 Å². The van der Waals surface area contributed by atoms with Gasteiger partial charge in [-0.15, -0.1) is 0 Å². The highest BCUT2D eigenvalue weighted by molar-refractivity contribution is 6.41. The van der Waals surface area contributed by atoms with Gasteiger partial charge in [0.2, 0.25) is 0 Å². The maximum atomic E-state index is 14.0. The summed E-state index contributed by atoms with van der Waals surface area (Å²) in [6.45, 7) is 8.88. The molecule has 12 heteroatoms. The largest absolute Gasteiger partial charge is 0.465 e. The van der Waals surface area contributed by atoms with E-state index >= 15 is 0 Å². The van der Waals surface area contributed by atoms with Crippen molar-refractivity contribution in [2.24, 2.45) is 0 Å². The summed E-state index contributed by atoms with van der Waals surface area (Å²) < 4.78 is 1.37. The Kier molecular flexibility index (Phi) is 7.07. The molecule has 0 radical (unpaired) electrons. The molecule has 1 aliphatic heterocycles. The number of amides is 1. The van der Waals surface area contributed by atoms with Crippen LogP contribution in [0.3, 0.4) is 0 Å². The van der Waals surface area contributed by atoms with E-state index in [2.05, 4.69) is 21.0 Å². The summed E-state index contributed by atoms with van der Waals surface area (Å²) in [5, 5.41) is 20.1. The van der Waals surface area contributed by atoms with Crippen LogP contribution in [0, 0.1) is 11.3 Å². The zero-order chi connectivity index (χ0) is 26.3. The third-order valence-corrected chi connectivity index (χ3v) is 6.88. The molecule has 0 spiro atoms.